The first-order chi connectivity index (χ1) is 4.45. The maximum absolute atomic E-state index is 10.7. The lowest BCUT2D eigenvalue weighted by Gasteiger charge is -2.30. The quantitative estimate of drug-likeness (QED) is 0.638. The van der Waals surface area contributed by atoms with E-state index in [0.717, 1.165) is 0 Å². The van der Waals surface area contributed by atoms with Crippen molar-refractivity contribution in [1.29, 1.82) is 0 Å². The van der Waals surface area contributed by atoms with Gasteiger partial charge in [0.05, 0.1) is 0 Å². The monoisotopic (exact) mass is 145 g/mol. The van der Waals surface area contributed by atoms with E-state index in [1.165, 1.54) is 0 Å². The van der Waals surface area contributed by atoms with E-state index in [9.17, 15) is 4.79 Å². The predicted octanol–water partition coefficient (Wildman–Crippen LogP) is 0.801. The Morgan fingerprint density at radius 2 is 2.00 bits per heavy atom. The van der Waals surface area contributed by atoms with E-state index in [1.54, 1.807) is 25.9 Å². The summed E-state index contributed by atoms with van der Waals surface area (Å²) in [4.78, 5) is 12.4. The van der Waals surface area contributed by atoms with Crippen molar-refractivity contribution in [2.45, 2.75) is 25.8 Å². The minimum atomic E-state index is -0.764. The van der Waals surface area contributed by atoms with Crippen LogP contribution in [0.2, 0.25) is 0 Å². The van der Waals surface area contributed by atoms with Gasteiger partial charge >= 0.3 is 5.97 Å². The van der Waals surface area contributed by atoms with Crippen LogP contribution in [0.25, 0.3) is 0 Å². The van der Waals surface area contributed by atoms with Crippen LogP contribution < -0.4 is 0 Å². The molecule has 0 aromatic rings. The number of nitrogens with zero attached hydrogens (tertiary/aromatic N) is 1. The topological polar surface area (TPSA) is 40.5 Å². The van der Waals surface area contributed by atoms with Crippen molar-refractivity contribution in [3.05, 3.63) is 0 Å². The highest BCUT2D eigenvalue weighted by atomic mass is 16.4. The van der Waals surface area contributed by atoms with Gasteiger partial charge in [-0.15, -0.1) is 0 Å². The molecule has 1 N–H and O–H groups in total. The fourth-order valence-corrected chi connectivity index (χ4v) is 0.659. The molecule has 0 rings (SSSR count). The average molecular weight is 145 g/mol. The molecule has 60 valence electrons. The van der Waals surface area contributed by atoms with Crippen LogP contribution in [0.1, 0.15) is 20.3 Å². The summed E-state index contributed by atoms with van der Waals surface area (Å²) in [6.45, 7) is 3.59. The summed E-state index contributed by atoms with van der Waals surface area (Å²) < 4.78 is 0. The molecule has 0 unspecified atom stereocenters. The molecule has 0 bridgehead atoms. The van der Waals surface area contributed by atoms with E-state index < -0.39 is 11.5 Å². The second kappa shape index (κ2) is 3.01. The third-order valence-corrected chi connectivity index (χ3v) is 2.14. The number of likely N-dealkylation sites (N-methyl/N-ethyl adjacent to an activating group) is 1. The van der Waals surface area contributed by atoms with Crippen LogP contribution in [0.4, 0.5) is 0 Å². The van der Waals surface area contributed by atoms with E-state index in [2.05, 4.69) is 0 Å². The molecule has 0 saturated heterocycles. The highest BCUT2D eigenvalue weighted by Crippen LogP contribution is 2.15. The molecular formula is C7H15NO2. The van der Waals surface area contributed by atoms with E-state index in [1.807, 2.05) is 6.92 Å². The smallest absolute Gasteiger partial charge is 0.323 e. The molecule has 3 nitrogen and oxygen atoms in total. The molecule has 0 radical (unpaired) electrons. The lowest BCUT2D eigenvalue weighted by molar-refractivity contribution is -0.149. The standard InChI is InChI=1S/C7H15NO2/c1-5-7(2,6(9)10)8(3)4/h5H2,1-4H3,(H,9,10)/t7-/m1/s1. The molecule has 0 fully saturated rings. The van der Waals surface area contributed by atoms with E-state index in [-0.39, 0.29) is 0 Å². The molecule has 0 amide bonds. The third kappa shape index (κ3) is 1.48. The van der Waals surface area contributed by atoms with Crippen molar-refractivity contribution in [2.75, 3.05) is 14.1 Å². The Balaban J connectivity index is 4.38. The summed E-state index contributed by atoms with van der Waals surface area (Å²) >= 11 is 0. The molecule has 0 saturated carbocycles. The first kappa shape index (κ1) is 9.43. The maximum Gasteiger partial charge on any atom is 0.323 e. The molecule has 0 heterocycles. The fourth-order valence-electron chi connectivity index (χ4n) is 0.659. The Labute approximate surface area is 61.6 Å². The van der Waals surface area contributed by atoms with E-state index in [0.29, 0.717) is 6.42 Å². The summed E-state index contributed by atoms with van der Waals surface area (Å²) in [7, 11) is 3.55. The third-order valence-electron chi connectivity index (χ3n) is 2.14. The van der Waals surface area contributed by atoms with Gasteiger partial charge in [-0.2, -0.15) is 0 Å². The number of hydrogen-bond acceptors (Lipinski definition) is 2. The van der Waals surface area contributed by atoms with E-state index in [4.69, 9.17) is 5.11 Å². The van der Waals surface area contributed by atoms with Crippen LogP contribution in [-0.4, -0.2) is 35.6 Å². The van der Waals surface area contributed by atoms with Crippen molar-refractivity contribution >= 4 is 5.97 Å². The Hall–Kier alpha value is -0.570. The molecule has 0 aromatic heterocycles. The molecule has 10 heavy (non-hydrogen) atoms. The highest BCUT2D eigenvalue weighted by molar-refractivity contribution is 5.78. The summed E-state index contributed by atoms with van der Waals surface area (Å²) in [5, 5.41) is 8.76. The Morgan fingerprint density at radius 3 is 2.00 bits per heavy atom. The number of carboxylic acids is 1. The van der Waals surface area contributed by atoms with Gasteiger partial charge in [-0.1, -0.05) is 6.92 Å². The van der Waals surface area contributed by atoms with Gasteiger partial charge in [0.2, 0.25) is 0 Å². The zero-order chi connectivity index (χ0) is 8.36. The Morgan fingerprint density at radius 1 is 1.60 bits per heavy atom. The average Bonchev–Trinajstić information content (AvgIpc) is 1.85. The first-order valence-corrected chi connectivity index (χ1v) is 3.36. The molecular weight excluding hydrogens is 130 g/mol. The number of carbonyl (C=O) groups is 1. The van der Waals surface area contributed by atoms with Crippen LogP contribution in [0.3, 0.4) is 0 Å². The van der Waals surface area contributed by atoms with Gasteiger partial charge in [0.25, 0.3) is 0 Å². The second-order valence-corrected chi connectivity index (χ2v) is 2.83. The first-order valence-electron chi connectivity index (χ1n) is 3.36. The van der Waals surface area contributed by atoms with Gasteiger partial charge in [0.15, 0.2) is 0 Å². The van der Waals surface area contributed by atoms with E-state index >= 15 is 0 Å². The zero-order valence-corrected chi connectivity index (χ0v) is 7.01. The zero-order valence-electron chi connectivity index (χ0n) is 7.01. The normalized spacial score (nSPS) is 16.9. The fraction of sp³-hybridized carbons (Fsp3) is 0.857. The summed E-state index contributed by atoms with van der Waals surface area (Å²) in [6, 6.07) is 0. The maximum atomic E-state index is 10.7. The number of hydrogen-bond donors (Lipinski definition) is 1. The highest BCUT2D eigenvalue weighted by Gasteiger charge is 2.32. The lowest BCUT2D eigenvalue weighted by Crippen LogP contribution is -2.47. The van der Waals surface area contributed by atoms with Crippen LogP contribution in [0.15, 0.2) is 0 Å². The van der Waals surface area contributed by atoms with Gasteiger partial charge in [0.1, 0.15) is 5.54 Å². The van der Waals surface area contributed by atoms with Gasteiger partial charge < -0.3 is 5.11 Å². The Kier molecular flexibility index (Phi) is 2.84. The largest absolute Gasteiger partial charge is 0.480 e. The summed E-state index contributed by atoms with van der Waals surface area (Å²) in [6.07, 6.45) is 0.620. The summed E-state index contributed by atoms with van der Waals surface area (Å²) in [5.41, 5.74) is -0.708. The predicted molar refractivity (Wildman–Crippen MR) is 40.0 cm³/mol. The SMILES string of the molecule is CC[C@](C)(C(=O)O)N(C)C. The van der Waals surface area contributed by atoms with Gasteiger partial charge in [-0.05, 0) is 27.4 Å². The minimum absolute atomic E-state index is 0.620. The molecule has 0 spiro atoms. The Bertz CT molecular complexity index is 134. The van der Waals surface area contributed by atoms with Gasteiger partial charge in [-0.3, -0.25) is 9.69 Å². The molecule has 3 heteroatoms. The molecule has 1 atom stereocenters. The number of aliphatic carboxylic acids is 1. The van der Waals surface area contributed by atoms with Crippen LogP contribution in [0.5, 0.6) is 0 Å². The van der Waals surface area contributed by atoms with Crippen LogP contribution in [0, 0.1) is 0 Å². The molecule has 0 aromatic carbocycles. The van der Waals surface area contributed by atoms with Crippen molar-refractivity contribution in [3.63, 3.8) is 0 Å². The summed E-state index contributed by atoms with van der Waals surface area (Å²) in [5.74, 6) is -0.764. The number of rotatable bonds is 3. The number of carboxylic acid groups (broad SMARTS) is 1. The molecule has 0 aliphatic carbocycles. The van der Waals surface area contributed by atoms with Crippen molar-refractivity contribution in [1.82, 2.24) is 4.90 Å². The van der Waals surface area contributed by atoms with Crippen molar-refractivity contribution < 1.29 is 9.90 Å². The van der Waals surface area contributed by atoms with Crippen LogP contribution in [-0.2, 0) is 4.79 Å². The minimum Gasteiger partial charge on any atom is -0.480 e. The van der Waals surface area contributed by atoms with Gasteiger partial charge in [0, 0.05) is 0 Å². The van der Waals surface area contributed by atoms with Crippen molar-refractivity contribution in [2.24, 2.45) is 0 Å². The molecule has 0 aliphatic rings. The van der Waals surface area contributed by atoms with Crippen molar-refractivity contribution in [3.8, 4) is 0 Å². The van der Waals surface area contributed by atoms with Crippen LogP contribution >= 0.6 is 0 Å². The molecule has 0 aliphatic heterocycles. The van der Waals surface area contributed by atoms with Gasteiger partial charge in [-0.25, -0.2) is 0 Å². The lowest BCUT2D eigenvalue weighted by atomic mass is 9.98. The second-order valence-electron chi connectivity index (χ2n) is 2.83.